The summed E-state index contributed by atoms with van der Waals surface area (Å²) >= 11 is 2.10. The Labute approximate surface area is 133 Å². The highest BCUT2D eigenvalue weighted by molar-refractivity contribution is 7.99. The van der Waals surface area contributed by atoms with Gasteiger partial charge in [-0.15, -0.1) is 0 Å². The van der Waals surface area contributed by atoms with Gasteiger partial charge >= 0.3 is 0 Å². The van der Waals surface area contributed by atoms with E-state index in [-0.39, 0.29) is 0 Å². The summed E-state index contributed by atoms with van der Waals surface area (Å²) < 4.78 is 5.54. The molecule has 0 aromatic heterocycles. The van der Waals surface area contributed by atoms with E-state index in [0.717, 1.165) is 44.7 Å². The maximum absolute atomic E-state index is 5.54. The molecule has 3 aliphatic heterocycles. The van der Waals surface area contributed by atoms with Crippen LogP contribution in [0, 0.1) is 11.3 Å². The zero-order chi connectivity index (χ0) is 14.5. The lowest BCUT2D eigenvalue weighted by Gasteiger charge is -2.33. The van der Waals surface area contributed by atoms with Gasteiger partial charge < -0.3 is 15.0 Å². The maximum atomic E-state index is 5.54. The highest BCUT2D eigenvalue weighted by Crippen LogP contribution is 2.39. The summed E-state index contributed by atoms with van der Waals surface area (Å²) in [7, 11) is 1.92. The normalized spacial score (nSPS) is 27.3. The van der Waals surface area contributed by atoms with Crippen molar-refractivity contribution in [2.24, 2.45) is 16.3 Å². The van der Waals surface area contributed by atoms with Crippen molar-refractivity contribution in [3.8, 4) is 0 Å². The van der Waals surface area contributed by atoms with Crippen LogP contribution in [0.4, 0.5) is 0 Å². The molecule has 0 aromatic rings. The molecule has 0 atom stereocenters. The van der Waals surface area contributed by atoms with Gasteiger partial charge in [-0.1, -0.05) is 0 Å². The summed E-state index contributed by atoms with van der Waals surface area (Å²) in [6.07, 6.45) is 6.46. The summed E-state index contributed by atoms with van der Waals surface area (Å²) in [6, 6.07) is 0. The summed E-state index contributed by atoms with van der Waals surface area (Å²) in [5, 5.41) is 3.64. The number of nitrogens with zero attached hydrogens (tertiary/aromatic N) is 2. The minimum absolute atomic E-state index is 0.497. The minimum atomic E-state index is 0.497. The lowest BCUT2D eigenvalue weighted by Crippen LogP contribution is -2.44. The number of hydrogen-bond acceptors (Lipinski definition) is 3. The standard InChI is InChI=1S/C16H29N3OS/c1-17-15(18-12-14-2-10-21-11-3-14)19-7-4-16(13-19)5-8-20-9-6-16/h14H,2-13H2,1H3,(H,17,18). The van der Waals surface area contributed by atoms with Crippen LogP contribution in [0.15, 0.2) is 4.99 Å². The molecule has 0 aliphatic carbocycles. The van der Waals surface area contributed by atoms with E-state index < -0.39 is 0 Å². The Balaban J connectivity index is 1.50. The second-order valence-electron chi connectivity index (χ2n) is 6.77. The fraction of sp³-hybridized carbons (Fsp3) is 0.938. The van der Waals surface area contributed by atoms with Crippen LogP contribution in [0.1, 0.15) is 32.1 Å². The number of hydrogen-bond donors (Lipinski definition) is 1. The summed E-state index contributed by atoms with van der Waals surface area (Å²) in [5.74, 6) is 4.62. The zero-order valence-electron chi connectivity index (χ0n) is 13.3. The smallest absolute Gasteiger partial charge is 0.193 e. The van der Waals surface area contributed by atoms with Crippen LogP contribution in [0.3, 0.4) is 0 Å². The van der Waals surface area contributed by atoms with Gasteiger partial charge in [0.05, 0.1) is 0 Å². The highest BCUT2D eigenvalue weighted by Gasteiger charge is 2.40. The molecule has 21 heavy (non-hydrogen) atoms. The first kappa shape index (κ1) is 15.5. The van der Waals surface area contributed by atoms with Crippen molar-refractivity contribution < 1.29 is 4.74 Å². The molecule has 4 nitrogen and oxygen atoms in total. The predicted molar refractivity (Wildman–Crippen MR) is 90.1 cm³/mol. The fourth-order valence-electron chi connectivity index (χ4n) is 3.85. The van der Waals surface area contributed by atoms with Crippen LogP contribution >= 0.6 is 11.8 Å². The van der Waals surface area contributed by atoms with Gasteiger partial charge in [0.25, 0.3) is 0 Å². The van der Waals surface area contributed by atoms with Gasteiger partial charge in [-0.25, -0.2) is 0 Å². The highest BCUT2D eigenvalue weighted by atomic mass is 32.2. The molecular formula is C16H29N3OS. The van der Waals surface area contributed by atoms with Crippen LogP contribution in [0.2, 0.25) is 0 Å². The second kappa shape index (κ2) is 7.23. The third kappa shape index (κ3) is 3.86. The van der Waals surface area contributed by atoms with Gasteiger partial charge in [0, 0.05) is 39.9 Å². The Kier molecular flexibility index (Phi) is 5.33. The average Bonchev–Trinajstić information content (AvgIpc) is 2.93. The number of nitrogens with one attached hydrogen (secondary N) is 1. The monoisotopic (exact) mass is 311 g/mol. The lowest BCUT2D eigenvalue weighted by atomic mass is 9.80. The van der Waals surface area contributed by atoms with Gasteiger partial charge in [-0.3, -0.25) is 4.99 Å². The van der Waals surface area contributed by atoms with Crippen molar-refractivity contribution in [1.29, 1.82) is 0 Å². The van der Waals surface area contributed by atoms with Crippen molar-refractivity contribution in [2.45, 2.75) is 32.1 Å². The third-order valence-corrected chi connectivity index (χ3v) is 6.44. The number of likely N-dealkylation sites (tertiary alicyclic amines) is 1. The second-order valence-corrected chi connectivity index (χ2v) is 7.99. The molecule has 5 heteroatoms. The van der Waals surface area contributed by atoms with Gasteiger partial charge in [0.2, 0.25) is 0 Å². The first-order valence-corrected chi connectivity index (χ1v) is 9.58. The van der Waals surface area contributed by atoms with Gasteiger partial charge in [-0.2, -0.15) is 11.8 Å². The summed E-state index contributed by atoms with van der Waals surface area (Å²) in [5.41, 5.74) is 0.497. The van der Waals surface area contributed by atoms with E-state index in [9.17, 15) is 0 Å². The Morgan fingerprint density at radius 1 is 1.29 bits per heavy atom. The van der Waals surface area contributed by atoms with Crippen molar-refractivity contribution in [1.82, 2.24) is 10.2 Å². The van der Waals surface area contributed by atoms with Crippen molar-refractivity contribution in [3.63, 3.8) is 0 Å². The number of rotatable bonds is 2. The van der Waals surface area contributed by atoms with Crippen molar-refractivity contribution in [2.75, 3.05) is 51.4 Å². The molecule has 3 aliphatic rings. The SMILES string of the molecule is CN=C(NCC1CCSCC1)N1CCC2(CCOCC2)C1. The molecule has 0 saturated carbocycles. The Morgan fingerprint density at radius 2 is 2.05 bits per heavy atom. The molecule has 3 rings (SSSR count). The quantitative estimate of drug-likeness (QED) is 0.627. The molecule has 0 radical (unpaired) electrons. The van der Waals surface area contributed by atoms with E-state index >= 15 is 0 Å². The van der Waals surface area contributed by atoms with E-state index in [1.165, 1.54) is 43.6 Å². The maximum Gasteiger partial charge on any atom is 0.193 e. The van der Waals surface area contributed by atoms with Gasteiger partial charge in [0.15, 0.2) is 5.96 Å². The van der Waals surface area contributed by atoms with Crippen molar-refractivity contribution >= 4 is 17.7 Å². The molecule has 3 fully saturated rings. The largest absolute Gasteiger partial charge is 0.381 e. The van der Waals surface area contributed by atoms with Crippen LogP contribution in [-0.4, -0.2) is 62.3 Å². The molecule has 3 saturated heterocycles. The Bertz CT molecular complexity index is 363. The van der Waals surface area contributed by atoms with Crippen LogP contribution in [0.5, 0.6) is 0 Å². The number of aliphatic imine (C=N–C) groups is 1. The first-order valence-electron chi connectivity index (χ1n) is 8.42. The van der Waals surface area contributed by atoms with E-state index in [0.29, 0.717) is 5.41 Å². The fourth-order valence-corrected chi connectivity index (χ4v) is 5.05. The average molecular weight is 311 g/mol. The van der Waals surface area contributed by atoms with Crippen LogP contribution in [0.25, 0.3) is 0 Å². The van der Waals surface area contributed by atoms with E-state index in [2.05, 4.69) is 27.0 Å². The third-order valence-electron chi connectivity index (χ3n) is 5.39. The Hall–Kier alpha value is -0.420. The topological polar surface area (TPSA) is 36.9 Å². The zero-order valence-corrected chi connectivity index (χ0v) is 14.1. The van der Waals surface area contributed by atoms with E-state index in [4.69, 9.17) is 4.74 Å². The van der Waals surface area contributed by atoms with Crippen LogP contribution < -0.4 is 5.32 Å². The molecule has 1 N–H and O–H groups in total. The molecule has 0 amide bonds. The van der Waals surface area contributed by atoms with E-state index in [1.54, 1.807) is 0 Å². The molecule has 1 spiro atoms. The number of guanidine groups is 1. The van der Waals surface area contributed by atoms with Gasteiger partial charge in [-0.05, 0) is 54.9 Å². The number of ether oxygens (including phenoxy) is 1. The molecule has 120 valence electrons. The summed E-state index contributed by atoms with van der Waals surface area (Å²) in [6.45, 7) is 5.30. The molecule has 0 bridgehead atoms. The minimum Gasteiger partial charge on any atom is -0.381 e. The molecule has 0 aromatic carbocycles. The Morgan fingerprint density at radius 3 is 2.76 bits per heavy atom. The van der Waals surface area contributed by atoms with Crippen LogP contribution in [-0.2, 0) is 4.74 Å². The first-order chi connectivity index (χ1) is 10.3. The molecule has 3 heterocycles. The van der Waals surface area contributed by atoms with Gasteiger partial charge in [0.1, 0.15) is 0 Å². The lowest BCUT2D eigenvalue weighted by molar-refractivity contribution is 0.0217. The predicted octanol–water partition coefficient (Wildman–Crippen LogP) is 2.21. The molecular weight excluding hydrogens is 282 g/mol. The number of thioether (sulfide) groups is 1. The summed E-state index contributed by atoms with van der Waals surface area (Å²) in [4.78, 5) is 7.00. The van der Waals surface area contributed by atoms with Crippen molar-refractivity contribution in [3.05, 3.63) is 0 Å². The molecule has 0 unspecified atom stereocenters. The van der Waals surface area contributed by atoms with E-state index in [1.807, 2.05) is 7.05 Å².